The van der Waals surface area contributed by atoms with E-state index in [1.807, 2.05) is 47.4 Å². The quantitative estimate of drug-likeness (QED) is 0.602. The van der Waals surface area contributed by atoms with Crippen LogP contribution in [-0.4, -0.2) is 45.7 Å². The number of halogens is 1. The summed E-state index contributed by atoms with van der Waals surface area (Å²) in [4.78, 5) is 26.5. The van der Waals surface area contributed by atoms with Crippen molar-refractivity contribution in [1.29, 1.82) is 0 Å². The summed E-state index contributed by atoms with van der Waals surface area (Å²) >= 11 is 0. The highest BCUT2D eigenvalue weighted by molar-refractivity contribution is 5.88. The van der Waals surface area contributed by atoms with Gasteiger partial charge in [-0.05, 0) is 30.5 Å². The number of benzene rings is 2. The molecule has 3 fully saturated rings. The second-order valence-corrected chi connectivity index (χ2v) is 9.04. The van der Waals surface area contributed by atoms with Crippen LogP contribution in [0.3, 0.4) is 0 Å². The van der Waals surface area contributed by atoms with Gasteiger partial charge in [0.15, 0.2) is 5.60 Å². The first kappa shape index (κ1) is 20.3. The van der Waals surface area contributed by atoms with E-state index in [1.165, 1.54) is 12.1 Å². The van der Waals surface area contributed by atoms with Crippen LogP contribution < -0.4 is 4.90 Å². The van der Waals surface area contributed by atoms with E-state index in [0.29, 0.717) is 25.9 Å². The summed E-state index contributed by atoms with van der Waals surface area (Å²) in [5.41, 5.74) is 1.99. The highest BCUT2D eigenvalue weighted by atomic mass is 19.1. The fourth-order valence-electron chi connectivity index (χ4n) is 5.47. The first-order chi connectivity index (χ1) is 16.1. The van der Waals surface area contributed by atoms with E-state index in [1.54, 1.807) is 12.4 Å². The predicted molar refractivity (Wildman–Crippen MR) is 122 cm³/mol. The zero-order chi connectivity index (χ0) is 22.4. The number of aromatic nitrogens is 2. The van der Waals surface area contributed by atoms with Crippen LogP contribution in [0.2, 0.25) is 0 Å². The fourth-order valence-corrected chi connectivity index (χ4v) is 5.47. The third-order valence-electron chi connectivity index (χ3n) is 7.17. The number of fused-ring (bicyclic) bond motifs is 1. The summed E-state index contributed by atoms with van der Waals surface area (Å²) in [5, 5.41) is 0. The molecule has 1 spiro atoms. The predicted octanol–water partition coefficient (Wildman–Crippen LogP) is 4.34. The van der Waals surface area contributed by atoms with Crippen molar-refractivity contribution in [1.82, 2.24) is 14.9 Å². The molecule has 33 heavy (non-hydrogen) atoms. The molecule has 3 aromatic rings. The number of amides is 1. The van der Waals surface area contributed by atoms with Gasteiger partial charge < -0.3 is 14.5 Å². The van der Waals surface area contributed by atoms with Gasteiger partial charge >= 0.3 is 0 Å². The number of carbonyl (C=O) groups excluding carboxylic acids is 1. The number of rotatable bonds is 3. The number of piperidine rings is 1. The molecule has 0 saturated carbocycles. The number of hydrogen-bond acceptors (Lipinski definition) is 5. The van der Waals surface area contributed by atoms with Crippen LogP contribution in [0, 0.1) is 5.82 Å². The van der Waals surface area contributed by atoms with Gasteiger partial charge in [-0.3, -0.25) is 4.79 Å². The minimum absolute atomic E-state index is 0.0478. The summed E-state index contributed by atoms with van der Waals surface area (Å²) < 4.78 is 20.2. The van der Waals surface area contributed by atoms with Crippen molar-refractivity contribution in [3.05, 3.63) is 78.4 Å². The molecule has 0 bridgehead atoms. The van der Waals surface area contributed by atoms with Crippen LogP contribution in [0.1, 0.15) is 37.3 Å². The van der Waals surface area contributed by atoms with Crippen LogP contribution in [-0.2, 0) is 9.53 Å². The maximum atomic E-state index is 13.8. The lowest BCUT2D eigenvalue weighted by Crippen LogP contribution is -2.50. The Balaban J connectivity index is 1.18. The Morgan fingerprint density at radius 1 is 0.970 bits per heavy atom. The molecule has 1 unspecified atom stereocenters. The molecule has 168 valence electrons. The summed E-state index contributed by atoms with van der Waals surface area (Å²) in [7, 11) is 0. The number of anilines is 1. The van der Waals surface area contributed by atoms with Crippen molar-refractivity contribution in [2.75, 3.05) is 18.0 Å². The zero-order valence-corrected chi connectivity index (χ0v) is 18.2. The molecule has 4 heterocycles. The van der Waals surface area contributed by atoms with E-state index >= 15 is 0 Å². The van der Waals surface area contributed by atoms with E-state index in [4.69, 9.17) is 4.74 Å². The smallest absolute Gasteiger partial charge is 0.257 e. The van der Waals surface area contributed by atoms with Crippen molar-refractivity contribution >= 4 is 11.7 Å². The van der Waals surface area contributed by atoms with E-state index < -0.39 is 5.60 Å². The van der Waals surface area contributed by atoms with Crippen molar-refractivity contribution in [2.24, 2.45) is 0 Å². The van der Waals surface area contributed by atoms with Crippen molar-refractivity contribution in [3.63, 3.8) is 0 Å². The molecule has 0 radical (unpaired) electrons. The minimum atomic E-state index is -0.789. The standard InChI is InChI=1S/C26H25FN4O2/c27-20-8-4-7-19(15-20)22-9-10-24-31(22)25(32)26(33-24)11-13-30(14-12-26)23-16-21(28-17-29-23)18-5-2-1-3-6-18/h1-8,15-17,22,24H,9-14H2/t22?,24-/m1/s1. The molecule has 6 rings (SSSR count). The van der Waals surface area contributed by atoms with Gasteiger partial charge in [0.25, 0.3) is 5.91 Å². The fraction of sp³-hybridized carbons (Fsp3) is 0.346. The van der Waals surface area contributed by atoms with Gasteiger partial charge in [0.1, 0.15) is 24.2 Å². The van der Waals surface area contributed by atoms with E-state index in [9.17, 15) is 9.18 Å². The third-order valence-corrected chi connectivity index (χ3v) is 7.17. The minimum Gasteiger partial charge on any atom is -0.356 e. The van der Waals surface area contributed by atoms with Crippen molar-refractivity contribution in [2.45, 2.75) is 43.6 Å². The third kappa shape index (κ3) is 3.47. The molecular formula is C26H25FN4O2. The van der Waals surface area contributed by atoms with Gasteiger partial charge in [0, 0.05) is 37.6 Å². The highest BCUT2D eigenvalue weighted by Gasteiger charge is 2.58. The van der Waals surface area contributed by atoms with Crippen LogP contribution in [0.5, 0.6) is 0 Å². The van der Waals surface area contributed by atoms with E-state index in [0.717, 1.165) is 35.5 Å². The number of carbonyl (C=O) groups is 1. The molecule has 1 amide bonds. The van der Waals surface area contributed by atoms with Crippen LogP contribution in [0.25, 0.3) is 11.3 Å². The molecule has 6 nitrogen and oxygen atoms in total. The second-order valence-electron chi connectivity index (χ2n) is 9.04. The monoisotopic (exact) mass is 444 g/mol. The number of hydrogen-bond donors (Lipinski definition) is 0. The number of nitrogens with zero attached hydrogens (tertiary/aromatic N) is 4. The lowest BCUT2D eigenvalue weighted by atomic mass is 9.89. The molecule has 3 aliphatic rings. The summed E-state index contributed by atoms with van der Waals surface area (Å²) in [6.07, 6.45) is 4.18. The van der Waals surface area contributed by atoms with E-state index in [-0.39, 0.29) is 24.0 Å². The van der Waals surface area contributed by atoms with Gasteiger partial charge in [-0.2, -0.15) is 0 Å². The molecule has 7 heteroatoms. The molecule has 0 N–H and O–H groups in total. The molecular weight excluding hydrogens is 419 g/mol. The molecule has 2 atom stereocenters. The SMILES string of the molecule is O=C1N2C(c3cccc(F)c3)CC[C@H]2OC12CCN(c1cc(-c3ccccc3)ncn1)CC2. The summed E-state index contributed by atoms with van der Waals surface area (Å²) in [6.45, 7) is 1.37. The lowest BCUT2D eigenvalue weighted by Gasteiger charge is -2.38. The van der Waals surface area contributed by atoms with Crippen molar-refractivity contribution < 1.29 is 13.9 Å². The van der Waals surface area contributed by atoms with Gasteiger partial charge in [-0.15, -0.1) is 0 Å². The van der Waals surface area contributed by atoms with Gasteiger partial charge in [-0.1, -0.05) is 42.5 Å². The number of ether oxygens (including phenoxy) is 1. The normalized spacial score (nSPS) is 23.8. The Morgan fingerprint density at radius 3 is 2.58 bits per heavy atom. The maximum absolute atomic E-state index is 13.8. The first-order valence-corrected chi connectivity index (χ1v) is 11.5. The van der Waals surface area contributed by atoms with E-state index in [2.05, 4.69) is 14.9 Å². The largest absolute Gasteiger partial charge is 0.356 e. The van der Waals surface area contributed by atoms with Crippen LogP contribution >= 0.6 is 0 Å². The summed E-state index contributed by atoms with van der Waals surface area (Å²) in [6, 6.07) is 18.5. The maximum Gasteiger partial charge on any atom is 0.257 e. The Hall–Kier alpha value is -3.32. The summed E-state index contributed by atoms with van der Waals surface area (Å²) in [5.74, 6) is 0.639. The second kappa shape index (κ2) is 7.92. The van der Waals surface area contributed by atoms with Gasteiger partial charge in [0.2, 0.25) is 0 Å². The Bertz CT molecular complexity index is 1180. The van der Waals surface area contributed by atoms with Crippen LogP contribution in [0.4, 0.5) is 10.2 Å². The van der Waals surface area contributed by atoms with Crippen molar-refractivity contribution in [3.8, 4) is 11.3 Å². The zero-order valence-electron chi connectivity index (χ0n) is 18.2. The Labute approximate surface area is 192 Å². The molecule has 1 aromatic heterocycles. The topological polar surface area (TPSA) is 58.6 Å². The molecule has 3 saturated heterocycles. The lowest BCUT2D eigenvalue weighted by molar-refractivity contribution is -0.140. The Kier molecular flexibility index (Phi) is 4.87. The highest BCUT2D eigenvalue weighted by Crippen LogP contribution is 2.47. The first-order valence-electron chi connectivity index (χ1n) is 11.5. The van der Waals surface area contributed by atoms with Gasteiger partial charge in [-0.25, -0.2) is 14.4 Å². The Morgan fingerprint density at radius 2 is 1.79 bits per heavy atom. The van der Waals surface area contributed by atoms with Crippen LogP contribution in [0.15, 0.2) is 67.0 Å². The average Bonchev–Trinajstić information content (AvgIpc) is 3.38. The molecule has 2 aromatic carbocycles. The molecule has 3 aliphatic heterocycles. The average molecular weight is 445 g/mol. The van der Waals surface area contributed by atoms with Gasteiger partial charge in [0.05, 0.1) is 11.7 Å². The molecule has 0 aliphatic carbocycles.